The average Bonchev–Trinajstić information content (AvgIpc) is 2.67. The van der Waals surface area contributed by atoms with Gasteiger partial charge in [-0.25, -0.2) is 0 Å². The highest BCUT2D eigenvalue weighted by molar-refractivity contribution is 5.81. The molecule has 0 aromatic heterocycles. The first-order valence-electron chi connectivity index (χ1n) is 7.70. The molecule has 112 valence electrons. The van der Waals surface area contributed by atoms with E-state index in [-0.39, 0.29) is 11.9 Å². The van der Waals surface area contributed by atoms with Crippen LogP contribution in [0.4, 0.5) is 0 Å². The number of hydrogen-bond acceptors (Lipinski definition) is 3. The molecular formula is C15H30N2O2. The van der Waals surface area contributed by atoms with Crippen LogP contribution in [0.15, 0.2) is 0 Å². The summed E-state index contributed by atoms with van der Waals surface area (Å²) in [6.07, 6.45) is 9.28. The Hall–Kier alpha value is -0.610. The van der Waals surface area contributed by atoms with Crippen LogP contribution in [0, 0.1) is 5.92 Å². The molecule has 0 bridgehead atoms. The van der Waals surface area contributed by atoms with Crippen molar-refractivity contribution in [3.63, 3.8) is 0 Å². The lowest BCUT2D eigenvalue weighted by molar-refractivity contribution is -0.123. The molecule has 3 N–H and O–H groups in total. The summed E-state index contributed by atoms with van der Waals surface area (Å²) in [6.45, 7) is 2.79. The van der Waals surface area contributed by atoms with Crippen LogP contribution in [0.1, 0.15) is 58.3 Å². The molecule has 0 aliphatic heterocycles. The van der Waals surface area contributed by atoms with E-state index in [1.54, 1.807) is 7.11 Å². The summed E-state index contributed by atoms with van der Waals surface area (Å²) in [7, 11) is 1.67. The summed E-state index contributed by atoms with van der Waals surface area (Å²) < 4.78 is 4.97. The van der Waals surface area contributed by atoms with Gasteiger partial charge in [0.15, 0.2) is 0 Å². The van der Waals surface area contributed by atoms with Crippen LogP contribution >= 0.6 is 0 Å². The minimum Gasteiger partial charge on any atom is -0.385 e. The minimum atomic E-state index is -0.400. The fraction of sp³-hybridized carbons (Fsp3) is 0.933. The third-order valence-electron chi connectivity index (χ3n) is 4.18. The lowest BCUT2D eigenvalue weighted by Crippen LogP contribution is -2.46. The molecule has 0 radical (unpaired) electrons. The maximum absolute atomic E-state index is 12.0. The number of carbonyl (C=O) groups excluding carboxylic acids is 1. The molecule has 0 aromatic rings. The summed E-state index contributed by atoms with van der Waals surface area (Å²) in [5.74, 6) is 0.616. The lowest BCUT2D eigenvalue weighted by atomic mass is 9.92. The number of amides is 1. The first-order valence-corrected chi connectivity index (χ1v) is 7.70. The number of ether oxygens (including phenoxy) is 1. The van der Waals surface area contributed by atoms with Crippen molar-refractivity contribution < 1.29 is 9.53 Å². The second-order valence-electron chi connectivity index (χ2n) is 5.79. The molecule has 4 heteroatoms. The first kappa shape index (κ1) is 16.4. The van der Waals surface area contributed by atoms with E-state index in [0.29, 0.717) is 18.9 Å². The van der Waals surface area contributed by atoms with E-state index in [2.05, 4.69) is 12.2 Å². The molecule has 1 fully saturated rings. The van der Waals surface area contributed by atoms with Crippen molar-refractivity contribution in [2.45, 2.75) is 70.4 Å². The van der Waals surface area contributed by atoms with Crippen LogP contribution in [0.5, 0.6) is 0 Å². The van der Waals surface area contributed by atoms with Gasteiger partial charge >= 0.3 is 0 Å². The van der Waals surface area contributed by atoms with Gasteiger partial charge in [0.25, 0.3) is 0 Å². The Morgan fingerprint density at radius 2 is 1.95 bits per heavy atom. The maximum atomic E-state index is 12.0. The number of methoxy groups -OCH3 is 1. The van der Waals surface area contributed by atoms with Crippen LogP contribution in [0.2, 0.25) is 0 Å². The van der Waals surface area contributed by atoms with Crippen LogP contribution in [-0.2, 0) is 9.53 Å². The number of nitrogens with two attached hydrogens (primary N) is 1. The highest BCUT2D eigenvalue weighted by Crippen LogP contribution is 2.25. The Labute approximate surface area is 117 Å². The van der Waals surface area contributed by atoms with E-state index in [4.69, 9.17) is 10.5 Å². The number of hydrogen-bond donors (Lipinski definition) is 2. The molecule has 4 nitrogen and oxygen atoms in total. The fourth-order valence-corrected chi connectivity index (χ4v) is 2.84. The second-order valence-corrected chi connectivity index (χ2v) is 5.79. The predicted molar refractivity (Wildman–Crippen MR) is 77.9 cm³/mol. The molecule has 1 rings (SSSR count). The standard InChI is InChI=1S/C15H30N2O2/c1-12(13-8-5-3-4-6-9-13)17-15(18)14(16)10-7-11-19-2/h12-14H,3-11,16H2,1-2H3,(H,17,18)/t12-,14?/m0/s1. The van der Waals surface area contributed by atoms with E-state index in [1.165, 1.54) is 38.5 Å². The second kappa shape index (κ2) is 9.32. The quantitative estimate of drug-likeness (QED) is 0.551. The molecule has 19 heavy (non-hydrogen) atoms. The molecule has 1 unspecified atom stereocenters. The van der Waals surface area contributed by atoms with E-state index in [1.807, 2.05) is 0 Å². The SMILES string of the molecule is COCCCC(N)C(=O)N[C@@H](C)C1CCCCCC1. The van der Waals surface area contributed by atoms with Gasteiger partial charge in [0.1, 0.15) is 0 Å². The predicted octanol–water partition coefficient (Wildman–Crippen LogP) is 2.22. The van der Waals surface area contributed by atoms with Gasteiger partial charge in [-0.15, -0.1) is 0 Å². The molecule has 1 aliphatic carbocycles. The number of rotatable bonds is 7. The zero-order valence-electron chi connectivity index (χ0n) is 12.5. The third kappa shape index (κ3) is 6.39. The molecule has 0 spiro atoms. The summed E-state index contributed by atoms with van der Waals surface area (Å²) in [5, 5.41) is 3.10. The Bertz CT molecular complexity index is 251. The fourth-order valence-electron chi connectivity index (χ4n) is 2.84. The average molecular weight is 270 g/mol. The normalized spacial score (nSPS) is 20.6. The molecule has 2 atom stereocenters. The van der Waals surface area contributed by atoms with Gasteiger partial charge in [-0.1, -0.05) is 25.7 Å². The Morgan fingerprint density at radius 3 is 2.53 bits per heavy atom. The van der Waals surface area contributed by atoms with Crippen LogP contribution < -0.4 is 11.1 Å². The first-order chi connectivity index (χ1) is 9.15. The summed E-state index contributed by atoms with van der Waals surface area (Å²) in [5.41, 5.74) is 5.90. The van der Waals surface area contributed by atoms with Gasteiger partial charge in [0.05, 0.1) is 6.04 Å². The van der Waals surface area contributed by atoms with Crippen LogP contribution in [0.25, 0.3) is 0 Å². The molecule has 0 saturated heterocycles. The lowest BCUT2D eigenvalue weighted by Gasteiger charge is -2.25. The largest absolute Gasteiger partial charge is 0.385 e. The van der Waals surface area contributed by atoms with E-state index in [9.17, 15) is 4.79 Å². The molecule has 0 heterocycles. The molecular weight excluding hydrogens is 240 g/mol. The maximum Gasteiger partial charge on any atom is 0.237 e. The Morgan fingerprint density at radius 1 is 1.32 bits per heavy atom. The Kier molecular flexibility index (Phi) is 8.07. The summed E-state index contributed by atoms with van der Waals surface area (Å²) >= 11 is 0. The van der Waals surface area contributed by atoms with Gasteiger partial charge in [-0.3, -0.25) is 4.79 Å². The van der Waals surface area contributed by atoms with Crippen molar-refractivity contribution in [1.29, 1.82) is 0 Å². The summed E-state index contributed by atoms with van der Waals surface area (Å²) in [6, 6.07) is -0.151. The monoisotopic (exact) mass is 270 g/mol. The van der Waals surface area contributed by atoms with Crippen molar-refractivity contribution in [2.24, 2.45) is 11.7 Å². The molecule has 1 amide bonds. The number of nitrogens with one attached hydrogen (secondary N) is 1. The van der Waals surface area contributed by atoms with Gasteiger partial charge < -0.3 is 15.8 Å². The third-order valence-corrected chi connectivity index (χ3v) is 4.18. The minimum absolute atomic E-state index is 0.00662. The summed E-state index contributed by atoms with van der Waals surface area (Å²) in [4.78, 5) is 12.0. The highest BCUT2D eigenvalue weighted by Gasteiger charge is 2.22. The Balaban J connectivity index is 2.29. The van der Waals surface area contributed by atoms with Gasteiger partial charge in [-0.2, -0.15) is 0 Å². The number of carbonyl (C=O) groups is 1. The van der Waals surface area contributed by atoms with Crippen molar-refractivity contribution in [2.75, 3.05) is 13.7 Å². The van der Waals surface area contributed by atoms with Crippen molar-refractivity contribution in [3.05, 3.63) is 0 Å². The van der Waals surface area contributed by atoms with E-state index < -0.39 is 6.04 Å². The molecule has 1 saturated carbocycles. The van der Waals surface area contributed by atoms with Crippen molar-refractivity contribution in [1.82, 2.24) is 5.32 Å². The van der Waals surface area contributed by atoms with Crippen LogP contribution in [0.3, 0.4) is 0 Å². The van der Waals surface area contributed by atoms with E-state index in [0.717, 1.165) is 6.42 Å². The van der Waals surface area contributed by atoms with Crippen LogP contribution in [-0.4, -0.2) is 31.7 Å². The zero-order valence-corrected chi connectivity index (χ0v) is 12.5. The molecule has 1 aliphatic rings. The zero-order chi connectivity index (χ0) is 14.1. The smallest absolute Gasteiger partial charge is 0.237 e. The van der Waals surface area contributed by atoms with Gasteiger partial charge in [0.2, 0.25) is 5.91 Å². The van der Waals surface area contributed by atoms with Crippen molar-refractivity contribution in [3.8, 4) is 0 Å². The topological polar surface area (TPSA) is 64.3 Å². The van der Waals surface area contributed by atoms with Gasteiger partial charge in [0, 0.05) is 19.8 Å². The van der Waals surface area contributed by atoms with Gasteiger partial charge in [-0.05, 0) is 38.5 Å². The van der Waals surface area contributed by atoms with Crippen molar-refractivity contribution >= 4 is 5.91 Å². The molecule has 0 aromatic carbocycles. The van der Waals surface area contributed by atoms with E-state index >= 15 is 0 Å². The highest BCUT2D eigenvalue weighted by atomic mass is 16.5.